The molecule has 3 aromatic carbocycles. The number of benzene rings is 3. The first kappa shape index (κ1) is 25.8. The maximum Gasteiger partial charge on any atom is 0.343 e. The van der Waals surface area contributed by atoms with Gasteiger partial charge in [-0.25, -0.2) is 9.69 Å². The fraction of sp³-hybridized carbons (Fsp3) is 0.179. The Balaban J connectivity index is 1.49. The molecule has 1 heterocycles. The van der Waals surface area contributed by atoms with Crippen molar-refractivity contribution in [3.05, 3.63) is 88.6 Å². The minimum atomic E-state index is -0.693. The third-order valence-corrected chi connectivity index (χ3v) is 6.13. The molecule has 2 amide bonds. The molecule has 0 bridgehead atoms. The highest BCUT2D eigenvalue weighted by atomic mass is 35.5. The van der Waals surface area contributed by atoms with Crippen LogP contribution in [0.3, 0.4) is 0 Å². The number of nitrogens with zero attached hydrogens (tertiary/aromatic N) is 1. The molecule has 3 aromatic rings. The Morgan fingerprint density at radius 1 is 0.892 bits per heavy atom. The van der Waals surface area contributed by atoms with Gasteiger partial charge in [-0.3, -0.25) is 9.59 Å². The molecular weight excluding hydrogens is 496 g/mol. The second kappa shape index (κ2) is 10.8. The van der Waals surface area contributed by atoms with Gasteiger partial charge in [-0.2, -0.15) is 0 Å². The molecule has 0 saturated heterocycles. The molecule has 0 unspecified atom stereocenters. The maximum absolute atomic E-state index is 13.1. The van der Waals surface area contributed by atoms with Gasteiger partial charge in [0.15, 0.2) is 0 Å². The second-order valence-corrected chi connectivity index (χ2v) is 8.87. The van der Waals surface area contributed by atoms with Crippen LogP contribution in [0.5, 0.6) is 17.2 Å². The Kier molecular flexibility index (Phi) is 7.50. The van der Waals surface area contributed by atoms with Gasteiger partial charge in [0.2, 0.25) is 0 Å². The van der Waals surface area contributed by atoms with Gasteiger partial charge >= 0.3 is 5.97 Å². The van der Waals surface area contributed by atoms with Crippen LogP contribution in [0.15, 0.2) is 77.5 Å². The Hall–Kier alpha value is -4.30. The number of esters is 1. The van der Waals surface area contributed by atoms with Crippen LogP contribution >= 0.6 is 11.6 Å². The summed E-state index contributed by atoms with van der Waals surface area (Å²) in [7, 11) is 2.92. The van der Waals surface area contributed by atoms with Gasteiger partial charge in [-0.15, -0.1) is 0 Å². The average molecular weight is 521 g/mol. The smallest absolute Gasteiger partial charge is 0.343 e. The van der Waals surface area contributed by atoms with E-state index in [-0.39, 0.29) is 22.2 Å². The van der Waals surface area contributed by atoms with E-state index in [1.54, 1.807) is 42.5 Å². The molecule has 1 aliphatic rings. The molecule has 37 heavy (non-hydrogen) atoms. The number of anilines is 2. The van der Waals surface area contributed by atoms with E-state index in [4.69, 9.17) is 25.8 Å². The molecule has 9 heteroatoms. The van der Waals surface area contributed by atoms with Gasteiger partial charge in [0.25, 0.3) is 11.8 Å². The third-order valence-electron chi connectivity index (χ3n) is 5.78. The molecule has 0 spiro atoms. The highest BCUT2D eigenvalue weighted by Gasteiger charge is 2.40. The van der Waals surface area contributed by atoms with Gasteiger partial charge in [-0.1, -0.05) is 37.6 Å². The van der Waals surface area contributed by atoms with Gasteiger partial charge in [0.05, 0.1) is 25.5 Å². The molecule has 0 saturated carbocycles. The lowest BCUT2D eigenvalue weighted by Crippen LogP contribution is -2.32. The number of halogens is 1. The molecule has 8 nitrogen and oxygen atoms in total. The van der Waals surface area contributed by atoms with E-state index in [0.717, 1.165) is 10.5 Å². The van der Waals surface area contributed by atoms with Crippen molar-refractivity contribution < 1.29 is 28.6 Å². The number of carbonyl (C=O) groups excluding carboxylic acids is 3. The van der Waals surface area contributed by atoms with E-state index in [0.29, 0.717) is 28.7 Å². The van der Waals surface area contributed by atoms with Gasteiger partial charge in [-0.05, 0) is 60.0 Å². The predicted octanol–water partition coefficient (Wildman–Crippen LogP) is 5.48. The van der Waals surface area contributed by atoms with Gasteiger partial charge < -0.3 is 19.5 Å². The number of nitrogens with one attached hydrogen (secondary N) is 1. The van der Waals surface area contributed by atoms with Crippen molar-refractivity contribution in [2.75, 3.05) is 24.4 Å². The summed E-state index contributed by atoms with van der Waals surface area (Å²) in [4.78, 5) is 39.5. The lowest BCUT2D eigenvalue weighted by Gasteiger charge is -2.18. The summed E-state index contributed by atoms with van der Waals surface area (Å²) in [6.45, 7) is 4.12. The van der Waals surface area contributed by atoms with Crippen molar-refractivity contribution >= 4 is 40.8 Å². The zero-order valence-electron chi connectivity index (χ0n) is 20.7. The molecule has 0 radical (unpaired) electrons. The van der Waals surface area contributed by atoms with Crippen molar-refractivity contribution in [2.24, 2.45) is 0 Å². The summed E-state index contributed by atoms with van der Waals surface area (Å²) in [6, 6.07) is 18.4. The zero-order chi connectivity index (χ0) is 26.7. The maximum atomic E-state index is 13.1. The van der Waals surface area contributed by atoms with Crippen molar-refractivity contribution in [2.45, 2.75) is 19.8 Å². The quantitative estimate of drug-likeness (QED) is 0.239. The minimum Gasteiger partial charge on any atom is -0.497 e. The number of methoxy groups -OCH3 is 2. The summed E-state index contributed by atoms with van der Waals surface area (Å²) in [6.07, 6.45) is 0. The van der Waals surface area contributed by atoms with E-state index in [1.807, 2.05) is 18.2 Å². The SMILES string of the molecule is COc1ccc(N2C(=O)C(Cl)=C(Nc3ccc(C(=O)Oc4cccc(C(C)C)c4)cc3)C2=O)c(OC)c1. The molecule has 0 atom stereocenters. The van der Waals surface area contributed by atoms with Gasteiger partial charge in [0.1, 0.15) is 28.0 Å². The van der Waals surface area contributed by atoms with Crippen LogP contribution in [0.4, 0.5) is 11.4 Å². The summed E-state index contributed by atoms with van der Waals surface area (Å²) in [5, 5.41) is 2.62. The highest BCUT2D eigenvalue weighted by Crippen LogP contribution is 2.37. The first-order valence-corrected chi connectivity index (χ1v) is 11.8. The van der Waals surface area contributed by atoms with E-state index < -0.39 is 17.8 Å². The lowest BCUT2D eigenvalue weighted by atomic mass is 10.0. The Labute approximate surface area is 219 Å². The van der Waals surface area contributed by atoms with Crippen molar-refractivity contribution in [3.8, 4) is 17.2 Å². The summed E-state index contributed by atoms with van der Waals surface area (Å²) >= 11 is 6.24. The number of imide groups is 1. The van der Waals surface area contributed by atoms with Crippen LogP contribution in [0, 0.1) is 0 Å². The Bertz CT molecular complexity index is 1400. The lowest BCUT2D eigenvalue weighted by molar-refractivity contribution is -0.120. The number of carbonyl (C=O) groups is 3. The molecule has 1 aliphatic heterocycles. The van der Waals surface area contributed by atoms with Crippen molar-refractivity contribution in [1.29, 1.82) is 0 Å². The summed E-state index contributed by atoms with van der Waals surface area (Å²) in [5.74, 6) is -0.323. The van der Waals surface area contributed by atoms with E-state index in [9.17, 15) is 14.4 Å². The fourth-order valence-corrected chi connectivity index (χ4v) is 3.95. The number of hydrogen-bond acceptors (Lipinski definition) is 7. The first-order chi connectivity index (χ1) is 17.7. The third kappa shape index (κ3) is 5.29. The van der Waals surface area contributed by atoms with E-state index >= 15 is 0 Å². The van der Waals surface area contributed by atoms with E-state index in [1.165, 1.54) is 20.3 Å². The van der Waals surface area contributed by atoms with Crippen LogP contribution in [-0.2, 0) is 9.59 Å². The Morgan fingerprint density at radius 3 is 2.27 bits per heavy atom. The molecule has 0 aliphatic carbocycles. The summed E-state index contributed by atoms with van der Waals surface area (Å²) < 4.78 is 16.0. The molecule has 0 aromatic heterocycles. The van der Waals surface area contributed by atoms with Crippen LogP contribution in [0.25, 0.3) is 0 Å². The van der Waals surface area contributed by atoms with Crippen molar-refractivity contribution in [1.82, 2.24) is 0 Å². The molecule has 190 valence electrons. The van der Waals surface area contributed by atoms with Crippen LogP contribution in [-0.4, -0.2) is 32.0 Å². The van der Waals surface area contributed by atoms with Crippen LogP contribution < -0.4 is 24.4 Å². The fourth-order valence-electron chi connectivity index (χ4n) is 3.74. The normalized spacial score (nSPS) is 13.3. The van der Waals surface area contributed by atoms with E-state index in [2.05, 4.69) is 19.2 Å². The first-order valence-electron chi connectivity index (χ1n) is 11.4. The molecule has 4 rings (SSSR count). The number of amides is 2. The van der Waals surface area contributed by atoms with Crippen molar-refractivity contribution in [3.63, 3.8) is 0 Å². The summed E-state index contributed by atoms with van der Waals surface area (Å²) in [5.41, 5.74) is 1.97. The monoisotopic (exact) mass is 520 g/mol. The minimum absolute atomic E-state index is 0.0923. The topological polar surface area (TPSA) is 94.2 Å². The molecule has 1 N–H and O–H groups in total. The number of rotatable bonds is 8. The highest BCUT2D eigenvalue weighted by molar-refractivity contribution is 6.53. The van der Waals surface area contributed by atoms with Gasteiger partial charge in [0, 0.05) is 11.8 Å². The molecular formula is C28H25ClN2O6. The number of hydrogen-bond donors (Lipinski definition) is 1. The zero-order valence-corrected chi connectivity index (χ0v) is 21.5. The predicted molar refractivity (Wildman–Crippen MR) is 140 cm³/mol. The number of ether oxygens (including phenoxy) is 3. The van der Waals surface area contributed by atoms with Crippen LogP contribution in [0.2, 0.25) is 0 Å². The standard InChI is InChI=1S/C28H25ClN2O6/c1-16(2)18-6-5-7-21(14-18)37-28(34)17-8-10-19(11-9-17)30-25-24(29)26(32)31(27(25)33)22-13-12-20(35-3)15-23(22)36-4/h5-16,30H,1-4H3. The molecule has 0 fully saturated rings. The Morgan fingerprint density at radius 2 is 1.62 bits per heavy atom. The second-order valence-electron chi connectivity index (χ2n) is 8.49. The van der Waals surface area contributed by atoms with Crippen LogP contribution in [0.1, 0.15) is 35.7 Å². The average Bonchev–Trinajstić information content (AvgIpc) is 3.11. The largest absolute Gasteiger partial charge is 0.497 e.